The number of aromatic nitrogens is 3. The summed E-state index contributed by atoms with van der Waals surface area (Å²) in [5.74, 6) is 1.96. The molecule has 5 nitrogen and oxygen atoms in total. The second kappa shape index (κ2) is 6.22. The first-order valence-electron chi connectivity index (χ1n) is 7.35. The normalized spacial score (nSPS) is 16.4. The lowest BCUT2D eigenvalue weighted by molar-refractivity contribution is 0.411. The zero-order valence-electron chi connectivity index (χ0n) is 11.9. The molecule has 0 radical (unpaired) electrons. The molecule has 3 rings (SSSR count). The van der Waals surface area contributed by atoms with Crippen LogP contribution >= 0.6 is 0 Å². The van der Waals surface area contributed by atoms with E-state index < -0.39 is 0 Å². The summed E-state index contributed by atoms with van der Waals surface area (Å²) < 4.78 is 12.9. The van der Waals surface area contributed by atoms with Gasteiger partial charge in [0.05, 0.1) is 0 Å². The molecule has 0 saturated carbocycles. The van der Waals surface area contributed by atoms with Crippen LogP contribution in [0.15, 0.2) is 24.3 Å². The largest absolute Gasteiger partial charge is 0.340 e. The van der Waals surface area contributed by atoms with Crippen molar-refractivity contribution in [2.24, 2.45) is 11.7 Å². The monoisotopic (exact) mass is 289 g/mol. The predicted octanol–water partition coefficient (Wildman–Crippen LogP) is 1.71. The van der Waals surface area contributed by atoms with E-state index in [0.29, 0.717) is 12.3 Å². The summed E-state index contributed by atoms with van der Waals surface area (Å²) >= 11 is 0. The molecule has 2 aromatic rings. The number of halogens is 1. The van der Waals surface area contributed by atoms with Crippen LogP contribution in [0.1, 0.15) is 24.2 Å². The molecule has 1 fully saturated rings. The Hall–Kier alpha value is -1.95. The minimum atomic E-state index is -0.222. The fourth-order valence-corrected chi connectivity index (χ4v) is 2.67. The maximum absolute atomic E-state index is 12.9. The van der Waals surface area contributed by atoms with Gasteiger partial charge in [0.2, 0.25) is 5.95 Å². The lowest BCUT2D eigenvalue weighted by Crippen LogP contribution is -2.36. The molecule has 0 atom stereocenters. The molecule has 0 bridgehead atoms. The Labute approximate surface area is 123 Å². The lowest BCUT2D eigenvalue weighted by atomic mass is 9.97. The first kappa shape index (κ1) is 14.0. The fourth-order valence-electron chi connectivity index (χ4n) is 2.67. The van der Waals surface area contributed by atoms with E-state index in [1.54, 1.807) is 12.1 Å². The maximum atomic E-state index is 12.9. The van der Waals surface area contributed by atoms with E-state index in [-0.39, 0.29) is 5.82 Å². The molecule has 1 aliphatic rings. The number of hydrogen-bond donors (Lipinski definition) is 2. The zero-order valence-corrected chi connectivity index (χ0v) is 11.9. The first-order valence-corrected chi connectivity index (χ1v) is 7.35. The van der Waals surface area contributed by atoms with Crippen molar-refractivity contribution in [3.8, 4) is 0 Å². The smallest absolute Gasteiger partial charge is 0.244 e. The number of aromatic amines is 1. The SMILES string of the molecule is NCC1CCN(c2n[nH]c(Cc3ccc(F)cc3)n2)CC1. The van der Waals surface area contributed by atoms with Crippen molar-refractivity contribution in [2.45, 2.75) is 19.3 Å². The molecule has 1 aromatic carbocycles. The van der Waals surface area contributed by atoms with E-state index in [1.807, 2.05) is 0 Å². The van der Waals surface area contributed by atoms with Crippen LogP contribution < -0.4 is 10.6 Å². The molecular weight excluding hydrogens is 269 g/mol. The van der Waals surface area contributed by atoms with Crippen LogP contribution in [0.3, 0.4) is 0 Å². The van der Waals surface area contributed by atoms with Crippen molar-refractivity contribution < 1.29 is 4.39 Å². The summed E-state index contributed by atoms with van der Waals surface area (Å²) in [6.45, 7) is 2.67. The third-order valence-electron chi connectivity index (χ3n) is 4.04. The summed E-state index contributed by atoms with van der Waals surface area (Å²) in [7, 11) is 0. The number of nitrogens with zero attached hydrogens (tertiary/aromatic N) is 3. The summed E-state index contributed by atoms with van der Waals surface area (Å²) in [5.41, 5.74) is 6.72. The molecule has 0 aliphatic carbocycles. The second-order valence-corrected chi connectivity index (χ2v) is 5.55. The number of nitrogens with one attached hydrogen (secondary N) is 1. The van der Waals surface area contributed by atoms with Crippen molar-refractivity contribution in [2.75, 3.05) is 24.5 Å². The first-order chi connectivity index (χ1) is 10.2. The van der Waals surface area contributed by atoms with E-state index in [0.717, 1.165) is 49.8 Å². The van der Waals surface area contributed by atoms with Gasteiger partial charge in [-0.15, -0.1) is 5.10 Å². The number of H-pyrrole nitrogens is 1. The molecule has 0 spiro atoms. The van der Waals surface area contributed by atoms with Gasteiger partial charge in [0.1, 0.15) is 11.6 Å². The number of rotatable bonds is 4. The molecule has 0 unspecified atom stereocenters. The van der Waals surface area contributed by atoms with Crippen LogP contribution in [-0.4, -0.2) is 34.8 Å². The zero-order chi connectivity index (χ0) is 14.7. The molecule has 0 amide bonds. The highest BCUT2D eigenvalue weighted by atomic mass is 19.1. The van der Waals surface area contributed by atoms with Gasteiger partial charge in [0, 0.05) is 19.5 Å². The Morgan fingerprint density at radius 3 is 2.62 bits per heavy atom. The van der Waals surface area contributed by atoms with Crippen LogP contribution in [0.25, 0.3) is 0 Å². The summed E-state index contributed by atoms with van der Waals surface area (Å²) in [6.07, 6.45) is 2.82. The quantitative estimate of drug-likeness (QED) is 0.899. The summed E-state index contributed by atoms with van der Waals surface area (Å²) in [6, 6.07) is 6.46. The standard InChI is InChI=1S/C15H20FN5/c16-13-3-1-11(2-4-13)9-14-18-15(20-19-14)21-7-5-12(10-17)6-8-21/h1-4,12H,5-10,17H2,(H,18,19,20). The minimum Gasteiger partial charge on any atom is -0.340 e. The van der Waals surface area contributed by atoms with Gasteiger partial charge in [0.15, 0.2) is 0 Å². The molecular formula is C15H20FN5. The molecule has 112 valence electrons. The van der Waals surface area contributed by atoms with Gasteiger partial charge in [0.25, 0.3) is 0 Å². The molecule has 21 heavy (non-hydrogen) atoms. The van der Waals surface area contributed by atoms with E-state index in [1.165, 1.54) is 12.1 Å². The molecule has 6 heteroatoms. The van der Waals surface area contributed by atoms with E-state index in [4.69, 9.17) is 5.73 Å². The second-order valence-electron chi connectivity index (χ2n) is 5.55. The van der Waals surface area contributed by atoms with Crippen LogP contribution in [0, 0.1) is 11.7 Å². The summed E-state index contributed by atoms with van der Waals surface area (Å²) in [4.78, 5) is 6.73. The van der Waals surface area contributed by atoms with Gasteiger partial charge < -0.3 is 10.6 Å². The van der Waals surface area contributed by atoms with Crippen molar-refractivity contribution in [3.63, 3.8) is 0 Å². The molecule has 3 N–H and O–H groups in total. The van der Waals surface area contributed by atoms with Crippen LogP contribution in [0.4, 0.5) is 10.3 Å². The van der Waals surface area contributed by atoms with E-state index in [9.17, 15) is 4.39 Å². The number of nitrogens with two attached hydrogens (primary N) is 1. The van der Waals surface area contributed by atoms with Crippen molar-refractivity contribution in [1.82, 2.24) is 15.2 Å². The fraction of sp³-hybridized carbons (Fsp3) is 0.467. The van der Waals surface area contributed by atoms with Gasteiger partial charge in [-0.05, 0) is 43.0 Å². The average Bonchev–Trinajstić information content (AvgIpc) is 2.98. The van der Waals surface area contributed by atoms with E-state index in [2.05, 4.69) is 20.1 Å². The predicted molar refractivity (Wildman–Crippen MR) is 79.6 cm³/mol. The number of benzene rings is 1. The van der Waals surface area contributed by atoms with Crippen molar-refractivity contribution >= 4 is 5.95 Å². The topological polar surface area (TPSA) is 70.8 Å². The lowest BCUT2D eigenvalue weighted by Gasteiger charge is -2.30. The van der Waals surface area contributed by atoms with Gasteiger partial charge in [-0.3, -0.25) is 5.10 Å². The Kier molecular flexibility index (Phi) is 4.15. The van der Waals surface area contributed by atoms with E-state index >= 15 is 0 Å². The minimum absolute atomic E-state index is 0.222. The third-order valence-corrected chi connectivity index (χ3v) is 4.04. The van der Waals surface area contributed by atoms with Crippen LogP contribution in [0.2, 0.25) is 0 Å². The van der Waals surface area contributed by atoms with Gasteiger partial charge >= 0.3 is 0 Å². The Bertz CT molecular complexity index is 572. The van der Waals surface area contributed by atoms with Gasteiger partial charge in [-0.25, -0.2) is 4.39 Å². The highest BCUT2D eigenvalue weighted by Gasteiger charge is 2.20. The highest BCUT2D eigenvalue weighted by Crippen LogP contribution is 2.20. The number of piperidine rings is 1. The molecule has 1 saturated heterocycles. The Morgan fingerprint density at radius 1 is 1.24 bits per heavy atom. The van der Waals surface area contributed by atoms with Gasteiger partial charge in [-0.1, -0.05) is 12.1 Å². The van der Waals surface area contributed by atoms with Crippen molar-refractivity contribution in [3.05, 3.63) is 41.5 Å². The summed E-state index contributed by atoms with van der Waals surface area (Å²) in [5, 5.41) is 7.26. The third kappa shape index (κ3) is 3.39. The molecule has 2 heterocycles. The average molecular weight is 289 g/mol. The number of anilines is 1. The van der Waals surface area contributed by atoms with Crippen molar-refractivity contribution in [1.29, 1.82) is 0 Å². The maximum Gasteiger partial charge on any atom is 0.244 e. The van der Waals surface area contributed by atoms with Crippen LogP contribution in [0.5, 0.6) is 0 Å². The molecule has 1 aliphatic heterocycles. The number of hydrogen-bond acceptors (Lipinski definition) is 4. The Morgan fingerprint density at radius 2 is 1.95 bits per heavy atom. The highest BCUT2D eigenvalue weighted by molar-refractivity contribution is 5.30. The molecule has 1 aromatic heterocycles. The van der Waals surface area contributed by atoms with Crippen LogP contribution in [-0.2, 0) is 6.42 Å². The van der Waals surface area contributed by atoms with Gasteiger partial charge in [-0.2, -0.15) is 4.98 Å². The Balaban J connectivity index is 1.62.